The summed E-state index contributed by atoms with van der Waals surface area (Å²) in [4.78, 5) is 74.6. The second-order valence-corrected chi connectivity index (χ2v) is 10.7. The van der Waals surface area contributed by atoms with Crippen LogP contribution in [0.5, 0.6) is 0 Å². The number of hydrogen-bond acceptors (Lipinski definition) is 7. The lowest BCUT2D eigenvalue weighted by Crippen LogP contribution is -2.54. The number of rotatable bonds is 19. The predicted molar refractivity (Wildman–Crippen MR) is 166 cm³/mol. The zero-order chi connectivity index (χ0) is 33.2. The van der Waals surface area contributed by atoms with E-state index < -0.39 is 41.6 Å². The number of primary amides is 1. The van der Waals surface area contributed by atoms with Crippen molar-refractivity contribution in [3.63, 3.8) is 0 Å². The van der Waals surface area contributed by atoms with Crippen LogP contribution in [0.15, 0.2) is 54.6 Å². The highest BCUT2D eigenvalue weighted by atomic mass is 16.5. The Labute approximate surface area is 262 Å². The van der Waals surface area contributed by atoms with Gasteiger partial charge in [0.25, 0.3) is 0 Å². The molecular weight excluding hydrogens is 578 g/mol. The standard InChI is InChI=1S/C33H41N5O7/c1-3-4-6-14-28(39)35-19-10-9-13-26(31(34)42)36-33(44)27(37-32(43)22(2)20-29(40)38-45)21-23-15-17-25(18-16-23)30(41)24-11-7-5-8-12-24/h1,5,7-8,11-12,15-18,22,26-27,45H,4,6,9-10,13-14,19-21H2,2H3,(H2,34,42)(H,35,39)(H,36,44)(H,37,43)(H,38,40)/t22-,26?,27+/m1/s1. The van der Waals surface area contributed by atoms with Gasteiger partial charge in [-0.2, -0.15) is 0 Å². The molecule has 3 atom stereocenters. The van der Waals surface area contributed by atoms with Crippen LogP contribution in [-0.4, -0.2) is 59.2 Å². The zero-order valence-corrected chi connectivity index (χ0v) is 25.3. The van der Waals surface area contributed by atoms with Crippen molar-refractivity contribution in [1.82, 2.24) is 21.4 Å². The van der Waals surface area contributed by atoms with Crippen LogP contribution < -0.4 is 27.2 Å². The van der Waals surface area contributed by atoms with E-state index >= 15 is 0 Å². The topological polar surface area (TPSA) is 197 Å². The molecule has 0 aromatic heterocycles. The van der Waals surface area contributed by atoms with E-state index in [0.29, 0.717) is 55.3 Å². The van der Waals surface area contributed by atoms with Crippen LogP contribution in [0, 0.1) is 18.3 Å². The third-order valence-corrected chi connectivity index (χ3v) is 7.02. The normalized spacial score (nSPS) is 12.5. The van der Waals surface area contributed by atoms with E-state index in [1.54, 1.807) is 48.5 Å². The Bertz CT molecular complexity index is 1360. The number of hydrogen-bond donors (Lipinski definition) is 6. The van der Waals surface area contributed by atoms with E-state index in [2.05, 4.69) is 21.9 Å². The maximum atomic E-state index is 13.4. The van der Waals surface area contributed by atoms with Gasteiger partial charge in [-0.1, -0.05) is 61.5 Å². The summed E-state index contributed by atoms with van der Waals surface area (Å²) >= 11 is 0. The van der Waals surface area contributed by atoms with Crippen LogP contribution in [0.4, 0.5) is 0 Å². The minimum atomic E-state index is -1.16. The number of hydroxylamine groups is 1. The lowest BCUT2D eigenvalue weighted by molar-refractivity contribution is -0.136. The SMILES string of the molecule is C#CCCCC(=O)NCCCCC(NC(=O)[C@H](Cc1ccc(C(=O)c2ccccc2)cc1)NC(=O)[C@H](C)CC(=O)NO)C(N)=O. The van der Waals surface area contributed by atoms with Crippen molar-refractivity contribution in [2.24, 2.45) is 11.7 Å². The molecule has 2 rings (SSSR count). The van der Waals surface area contributed by atoms with Crippen molar-refractivity contribution < 1.29 is 34.0 Å². The predicted octanol–water partition coefficient (Wildman–Crippen LogP) is 1.54. The van der Waals surface area contributed by atoms with E-state index in [1.165, 1.54) is 12.4 Å². The minimum Gasteiger partial charge on any atom is -0.368 e. The van der Waals surface area contributed by atoms with E-state index in [4.69, 9.17) is 17.4 Å². The van der Waals surface area contributed by atoms with E-state index in [0.717, 1.165) is 0 Å². The third kappa shape index (κ3) is 13.0. The highest BCUT2D eigenvalue weighted by molar-refractivity contribution is 6.09. The molecular formula is C33H41N5O7. The molecule has 0 fully saturated rings. The number of ketones is 1. The molecule has 0 bridgehead atoms. The molecule has 12 nitrogen and oxygen atoms in total. The molecule has 0 aliphatic carbocycles. The lowest BCUT2D eigenvalue weighted by atomic mass is 9.98. The molecule has 5 amide bonds. The van der Waals surface area contributed by atoms with Gasteiger partial charge in [-0.15, -0.1) is 12.3 Å². The van der Waals surface area contributed by atoms with Gasteiger partial charge in [0.15, 0.2) is 5.78 Å². The van der Waals surface area contributed by atoms with Crippen molar-refractivity contribution in [3.8, 4) is 12.3 Å². The van der Waals surface area contributed by atoms with Crippen molar-refractivity contribution in [1.29, 1.82) is 0 Å². The number of carbonyl (C=O) groups is 6. The second kappa shape index (κ2) is 19.3. The fraction of sp³-hybridized carbons (Fsp3) is 0.394. The number of benzene rings is 2. The smallest absolute Gasteiger partial charge is 0.244 e. The fourth-order valence-corrected chi connectivity index (χ4v) is 4.42. The summed E-state index contributed by atoms with van der Waals surface area (Å²) in [7, 11) is 0. The monoisotopic (exact) mass is 619 g/mol. The zero-order valence-electron chi connectivity index (χ0n) is 25.3. The molecule has 0 aliphatic rings. The average molecular weight is 620 g/mol. The van der Waals surface area contributed by atoms with E-state index in [9.17, 15) is 28.8 Å². The van der Waals surface area contributed by atoms with Gasteiger partial charge in [0.05, 0.1) is 0 Å². The first-order valence-electron chi connectivity index (χ1n) is 14.8. The highest BCUT2D eigenvalue weighted by Gasteiger charge is 2.28. The number of terminal acetylenes is 1. The molecule has 12 heteroatoms. The van der Waals surface area contributed by atoms with Crippen molar-refractivity contribution in [2.75, 3.05) is 6.54 Å². The highest BCUT2D eigenvalue weighted by Crippen LogP contribution is 2.14. The number of nitrogens with two attached hydrogens (primary N) is 1. The van der Waals surface area contributed by atoms with Gasteiger partial charge < -0.3 is 21.7 Å². The van der Waals surface area contributed by atoms with Gasteiger partial charge in [0, 0.05) is 49.3 Å². The number of nitrogens with one attached hydrogen (secondary N) is 4. The molecule has 1 unspecified atom stereocenters. The van der Waals surface area contributed by atoms with Gasteiger partial charge >= 0.3 is 0 Å². The molecule has 0 heterocycles. The summed E-state index contributed by atoms with van der Waals surface area (Å²) in [6.45, 7) is 1.85. The lowest BCUT2D eigenvalue weighted by Gasteiger charge is -2.23. The minimum absolute atomic E-state index is 0.00743. The Balaban J connectivity index is 2.08. The van der Waals surface area contributed by atoms with Crippen LogP contribution in [0.25, 0.3) is 0 Å². The molecule has 240 valence electrons. The summed E-state index contributed by atoms with van der Waals surface area (Å²) in [5, 5.41) is 16.8. The van der Waals surface area contributed by atoms with E-state index in [-0.39, 0.29) is 31.0 Å². The molecule has 7 N–H and O–H groups in total. The Morgan fingerprint density at radius 1 is 0.844 bits per heavy atom. The maximum absolute atomic E-state index is 13.4. The molecule has 0 radical (unpaired) electrons. The van der Waals surface area contributed by atoms with E-state index in [1.807, 2.05) is 6.07 Å². The van der Waals surface area contributed by atoms with Crippen LogP contribution in [0.2, 0.25) is 0 Å². The van der Waals surface area contributed by atoms with Crippen molar-refractivity contribution in [3.05, 3.63) is 71.3 Å². The van der Waals surface area contributed by atoms with Crippen molar-refractivity contribution in [2.45, 2.75) is 70.4 Å². The Kier molecular flexibility index (Phi) is 15.5. The van der Waals surface area contributed by atoms with Gasteiger partial charge in [-0.3, -0.25) is 34.0 Å². The molecule has 0 saturated heterocycles. The van der Waals surface area contributed by atoms with Gasteiger partial charge in [-0.05, 0) is 31.2 Å². The summed E-state index contributed by atoms with van der Waals surface area (Å²) in [5.74, 6) is -1.52. The summed E-state index contributed by atoms with van der Waals surface area (Å²) in [6, 6.07) is 13.1. The van der Waals surface area contributed by atoms with Gasteiger partial charge in [-0.25, -0.2) is 5.48 Å². The summed E-state index contributed by atoms with van der Waals surface area (Å²) < 4.78 is 0. The first-order valence-corrected chi connectivity index (χ1v) is 14.8. The number of amides is 5. The first kappa shape index (κ1) is 36.2. The van der Waals surface area contributed by atoms with Gasteiger partial charge in [0.2, 0.25) is 29.5 Å². The fourth-order valence-electron chi connectivity index (χ4n) is 4.42. The Morgan fingerprint density at radius 3 is 2.11 bits per heavy atom. The van der Waals surface area contributed by atoms with Gasteiger partial charge in [0.1, 0.15) is 12.1 Å². The molecule has 0 aliphatic heterocycles. The Morgan fingerprint density at radius 2 is 1.49 bits per heavy atom. The molecule has 0 saturated carbocycles. The van der Waals surface area contributed by atoms with Crippen LogP contribution in [-0.2, 0) is 30.4 Å². The second-order valence-electron chi connectivity index (χ2n) is 10.7. The third-order valence-electron chi connectivity index (χ3n) is 7.02. The Hall–Kier alpha value is -5.02. The first-order chi connectivity index (χ1) is 21.5. The number of unbranched alkanes of at least 4 members (excludes halogenated alkanes) is 2. The largest absolute Gasteiger partial charge is 0.368 e. The average Bonchev–Trinajstić information content (AvgIpc) is 3.03. The molecule has 45 heavy (non-hydrogen) atoms. The van der Waals surface area contributed by atoms with Crippen LogP contribution in [0.3, 0.4) is 0 Å². The molecule has 2 aromatic rings. The van der Waals surface area contributed by atoms with Crippen LogP contribution >= 0.6 is 0 Å². The molecule has 2 aromatic carbocycles. The quantitative estimate of drug-likeness (QED) is 0.0451. The summed E-state index contributed by atoms with van der Waals surface area (Å²) in [6.07, 6.45) is 7.53. The number of carbonyl (C=O) groups excluding carboxylic acids is 6. The summed E-state index contributed by atoms with van der Waals surface area (Å²) in [5.41, 5.74) is 8.61. The maximum Gasteiger partial charge on any atom is 0.244 e. The molecule has 0 spiro atoms. The van der Waals surface area contributed by atoms with Crippen molar-refractivity contribution >= 4 is 35.3 Å². The van der Waals surface area contributed by atoms with Crippen LogP contribution in [0.1, 0.15) is 73.4 Å².